The molecule has 0 aliphatic heterocycles. The van der Waals surface area contributed by atoms with Gasteiger partial charge in [-0.1, -0.05) is 164 Å². The molecule has 0 amide bonds. The van der Waals surface area contributed by atoms with Gasteiger partial charge in [0.05, 0.1) is 0 Å². The highest BCUT2D eigenvalue weighted by Gasteiger charge is 2.05. The summed E-state index contributed by atoms with van der Waals surface area (Å²) in [6.07, 6.45) is 61.6. The fraction of sp³-hybridized carbons (Fsp3) is 0.773. The Balaban J connectivity index is 3.93. The molecular formula is C44H81N. The molecule has 1 nitrogen and oxygen atoms in total. The molecule has 0 aromatic rings. The summed E-state index contributed by atoms with van der Waals surface area (Å²) in [4.78, 5) is 2.31. The van der Waals surface area contributed by atoms with E-state index in [2.05, 4.69) is 93.6 Å². The number of hydrogen-bond acceptors (Lipinski definition) is 1. The number of hydrogen-bond donors (Lipinski definition) is 0. The van der Waals surface area contributed by atoms with E-state index in [9.17, 15) is 0 Å². The Kier molecular flexibility index (Phi) is 37.7. The fourth-order valence-electron chi connectivity index (χ4n) is 5.94. The van der Waals surface area contributed by atoms with Gasteiger partial charge in [-0.3, -0.25) is 0 Å². The molecule has 0 aliphatic carbocycles. The third kappa shape index (κ3) is 38.8. The zero-order valence-electron chi connectivity index (χ0n) is 31.3. The Morgan fingerprint density at radius 3 is 1.13 bits per heavy atom. The molecule has 45 heavy (non-hydrogen) atoms. The minimum Gasteiger partial charge on any atom is -0.309 e. The van der Waals surface area contributed by atoms with E-state index in [4.69, 9.17) is 0 Å². The minimum atomic E-state index is 0.806. The van der Waals surface area contributed by atoms with E-state index in [1.54, 1.807) is 0 Å². The van der Waals surface area contributed by atoms with Gasteiger partial charge in [-0.2, -0.15) is 0 Å². The molecule has 0 heterocycles. The summed E-state index contributed by atoms with van der Waals surface area (Å²) in [7, 11) is 4.37. The summed E-state index contributed by atoms with van der Waals surface area (Å²) >= 11 is 0. The lowest BCUT2D eigenvalue weighted by molar-refractivity contribution is 0.401. The molecule has 0 aliphatic rings. The predicted molar refractivity (Wildman–Crippen MR) is 208 cm³/mol. The van der Waals surface area contributed by atoms with Gasteiger partial charge >= 0.3 is 0 Å². The van der Waals surface area contributed by atoms with Crippen LogP contribution < -0.4 is 0 Å². The number of rotatable bonds is 35. The first-order valence-electron chi connectivity index (χ1n) is 20.1. The molecule has 0 saturated heterocycles. The maximum Gasteiger partial charge on any atom is -0.00219 e. The molecule has 0 rings (SSSR count). The number of allylic oxidation sites excluding steroid dienone is 10. The smallest absolute Gasteiger partial charge is 0.00219 e. The highest BCUT2D eigenvalue weighted by atomic mass is 15.0. The van der Waals surface area contributed by atoms with Crippen LogP contribution in [0.1, 0.15) is 194 Å². The van der Waals surface area contributed by atoms with Crippen LogP contribution in [0.15, 0.2) is 60.8 Å². The van der Waals surface area contributed by atoms with Gasteiger partial charge in [0.15, 0.2) is 0 Å². The minimum absolute atomic E-state index is 0.806. The Bertz CT molecular complexity index is 646. The second-order valence-electron chi connectivity index (χ2n) is 13.9. The zero-order valence-corrected chi connectivity index (χ0v) is 31.3. The molecule has 0 atom stereocenters. The van der Waals surface area contributed by atoms with Crippen molar-refractivity contribution in [2.45, 2.75) is 194 Å². The molecule has 0 fully saturated rings. The first kappa shape index (κ1) is 43.7. The standard InChI is InChI=1S/C44H81N/c1-5-7-9-11-13-15-17-19-21-23-25-27-29-31-33-36-40-44(42-38-35-39-43-45(3)4)41-37-34-32-30-28-26-24-22-20-18-16-14-12-10-8-6-2/h13-16,19-22,38,42,44H,5-12,17-18,23-37,39-41,43H2,1-4H3. The average molecular weight is 624 g/mol. The molecule has 262 valence electrons. The molecule has 0 aromatic carbocycles. The summed E-state index contributed by atoms with van der Waals surface area (Å²) < 4.78 is 0. The quantitative estimate of drug-likeness (QED) is 0.0501. The topological polar surface area (TPSA) is 3.24 Å². The van der Waals surface area contributed by atoms with Gasteiger partial charge in [-0.25, -0.2) is 0 Å². The maximum absolute atomic E-state index is 2.59. The van der Waals surface area contributed by atoms with E-state index in [1.165, 1.54) is 173 Å². The molecule has 0 spiro atoms. The largest absolute Gasteiger partial charge is 0.309 e. The van der Waals surface area contributed by atoms with Crippen LogP contribution in [0.25, 0.3) is 0 Å². The summed E-state index contributed by atoms with van der Waals surface area (Å²) in [5.41, 5.74) is 0. The van der Waals surface area contributed by atoms with Gasteiger partial charge in [-0.05, 0) is 116 Å². The Morgan fingerprint density at radius 1 is 0.378 bits per heavy atom. The Labute approximate surface area is 285 Å². The fourth-order valence-corrected chi connectivity index (χ4v) is 5.94. The zero-order chi connectivity index (χ0) is 32.7. The monoisotopic (exact) mass is 624 g/mol. The summed E-state index contributed by atoms with van der Waals surface area (Å²) in [5.74, 6) is 0.806. The highest BCUT2D eigenvalue weighted by molar-refractivity contribution is 4.93. The van der Waals surface area contributed by atoms with Gasteiger partial charge in [-0.15, -0.1) is 0 Å². The number of unbranched alkanes of at least 4 members (excludes halogenated alkanes) is 19. The number of nitrogens with zero attached hydrogens (tertiary/aromatic N) is 1. The van der Waals surface area contributed by atoms with Crippen LogP contribution >= 0.6 is 0 Å². The van der Waals surface area contributed by atoms with E-state index >= 15 is 0 Å². The second kappa shape index (κ2) is 38.8. The van der Waals surface area contributed by atoms with Crippen molar-refractivity contribution >= 4 is 0 Å². The van der Waals surface area contributed by atoms with Crippen molar-refractivity contribution in [1.82, 2.24) is 4.90 Å². The first-order chi connectivity index (χ1) is 22.2. The molecule has 0 N–H and O–H groups in total. The van der Waals surface area contributed by atoms with E-state index < -0.39 is 0 Å². The van der Waals surface area contributed by atoms with Gasteiger partial charge in [0.25, 0.3) is 0 Å². The van der Waals surface area contributed by atoms with Crippen LogP contribution in [-0.2, 0) is 0 Å². The van der Waals surface area contributed by atoms with Crippen molar-refractivity contribution in [2.75, 3.05) is 20.6 Å². The van der Waals surface area contributed by atoms with Crippen LogP contribution in [0.3, 0.4) is 0 Å². The first-order valence-corrected chi connectivity index (χ1v) is 20.1. The third-order valence-corrected chi connectivity index (χ3v) is 8.94. The lowest BCUT2D eigenvalue weighted by Crippen LogP contribution is -2.12. The van der Waals surface area contributed by atoms with Crippen LogP contribution in [0.2, 0.25) is 0 Å². The van der Waals surface area contributed by atoms with Gasteiger partial charge in [0.2, 0.25) is 0 Å². The van der Waals surface area contributed by atoms with E-state index in [0.29, 0.717) is 0 Å². The molecule has 0 bridgehead atoms. The second-order valence-corrected chi connectivity index (χ2v) is 13.9. The van der Waals surface area contributed by atoms with Crippen molar-refractivity contribution in [3.63, 3.8) is 0 Å². The van der Waals surface area contributed by atoms with E-state index in [-0.39, 0.29) is 0 Å². The maximum atomic E-state index is 2.59. The van der Waals surface area contributed by atoms with E-state index in [0.717, 1.165) is 18.8 Å². The van der Waals surface area contributed by atoms with E-state index in [1.807, 2.05) is 0 Å². The molecule has 0 aromatic heterocycles. The molecule has 0 saturated carbocycles. The Hall–Kier alpha value is -1.34. The van der Waals surface area contributed by atoms with Crippen molar-refractivity contribution < 1.29 is 0 Å². The average Bonchev–Trinajstić information content (AvgIpc) is 3.03. The summed E-state index contributed by atoms with van der Waals surface area (Å²) in [6, 6.07) is 0. The van der Waals surface area contributed by atoms with Gasteiger partial charge in [0.1, 0.15) is 0 Å². The predicted octanol–water partition coefficient (Wildman–Crippen LogP) is 14.9. The lowest BCUT2D eigenvalue weighted by atomic mass is 9.93. The van der Waals surface area contributed by atoms with Gasteiger partial charge < -0.3 is 4.90 Å². The van der Waals surface area contributed by atoms with Crippen molar-refractivity contribution in [3.8, 4) is 0 Å². The van der Waals surface area contributed by atoms with Crippen molar-refractivity contribution in [3.05, 3.63) is 60.8 Å². The third-order valence-electron chi connectivity index (χ3n) is 8.94. The Morgan fingerprint density at radius 2 is 0.733 bits per heavy atom. The highest BCUT2D eigenvalue weighted by Crippen LogP contribution is 2.21. The molecule has 0 unspecified atom stereocenters. The molecular weight excluding hydrogens is 542 g/mol. The van der Waals surface area contributed by atoms with Crippen LogP contribution in [0, 0.1) is 5.92 Å². The van der Waals surface area contributed by atoms with Crippen LogP contribution in [0.5, 0.6) is 0 Å². The SMILES string of the molecule is CCCCCC=CCC=CCCCCCCCCC(C=CCCCN(C)C)CCCCCCCCC=CCC=CCCCCC. The molecule has 0 radical (unpaired) electrons. The van der Waals surface area contributed by atoms with Gasteiger partial charge in [0, 0.05) is 0 Å². The normalized spacial score (nSPS) is 13.4. The molecule has 1 heteroatoms. The van der Waals surface area contributed by atoms with Crippen LogP contribution in [0.4, 0.5) is 0 Å². The van der Waals surface area contributed by atoms with Crippen LogP contribution in [-0.4, -0.2) is 25.5 Å². The summed E-state index contributed by atoms with van der Waals surface area (Å²) in [6.45, 7) is 5.75. The van der Waals surface area contributed by atoms with Crippen molar-refractivity contribution in [1.29, 1.82) is 0 Å². The van der Waals surface area contributed by atoms with Crippen molar-refractivity contribution in [2.24, 2.45) is 5.92 Å². The lowest BCUT2D eigenvalue weighted by Gasteiger charge is -2.13. The summed E-state index contributed by atoms with van der Waals surface area (Å²) in [5, 5.41) is 0.